The van der Waals surface area contributed by atoms with Crippen molar-refractivity contribution in [1.29, 1.82) is 0 Å². The van der Waals surface area contributed by atoms with Crippen LogP contribution in [-0.4, -0.2) is 30.7 Å². The van der Waals surface area contributed by atoms with Gasteiger partial charge >= 0.3 is 0 Å². The summed E-state index contributed by atoms with van der Waals surface area (Å²) < 4.78 is 18.3. The number of nitrogens with zero attached hydrogens (tertiary/aromatic N) is 1. The highest BCUT2D eigenvalue weighted by Gasteiger charge is 2.27. The fourth-order valence-corrected chi connectivity index (χ4v) is 2.20. The summed E-state index contributed by atoms with van der Waals surface area (Å²) in [6.45, 7) is 3.83. The molecule has 1 atom stereocenters. The Labute approximate surface area is 88.6 Å². The second-order valence-corrected chi connectivity index (χ2v) is 4.35. The highest BCUT2D eigenvalue weighted by Crippen LogP contribution is 2.21. The van der Waals surface area contributed by atoms with Crippen LogP contribution in [0.1, 0.15) is 11.1 Å². The maximum absolute atomic E-state index is 13.1. The van der Waals surface area contributed by atoms with Gasteiger partial charge in [0.2, 0.25) is 0 Å². The lowest BCUT2D eigenvalue weighted by atomic mass is 9.99. The molecule has 1 saturated heterocycles. The van der Waals surface area contributed by atoms with Gasteiger partial charge in [-0.2, -0.15) is 0 Å². The number of fused-ring (bicyclic) bond motifs is 1. The highest BCUT2D eigenvalue weighted by molar-refractivity contribution is 5.29. The molecule has 1 aromatic carbocycles. The molecular weight excluding hydrogens is 193 g/mol. The van der Waals surface area contributed by atoms with Gasteiger partial charge in [0.1, 0.15) is 5.82 Å². The van der Waals surface area contributed by atoms with Crippen LogP contribution in [0.25, 0.3) is 0 Å². The van der Waals surface area contributed by atoms with Crippen molar-refractivity contribution in [3.8, 4) is 0 Å². The molecule has 3 rings (SSSR count). The first-order chi connectivity index (χ1) is 7.31. The van der Waals surface area contributed by atoms with Gasteiger partial charge in [-0.1, -0.05) is 6.07 Å². The monoisotopic (exact) mass is 207 g/mol. The molecule has 0 radical (unpaired) electrons. The minimum Gasteiger partial charge on any atom is -0.372 e. The van der Waals surface area contributed by atoms with Crippen molar-refractivity contribution in [3.63, 3.8) is 0 Å². The van der Waals surface area contributed by atoms with Gasteiger partial charge in [-0.3, -0.25) is 4.90 Å². The Kier molecular flexibility index (Phi) is 2.22. The van der Waals surface area contributed by atoms with Crippen LogP contribution < -0.4 is 0 Å². The minimum atomic E-state index is -0.127. The van der Waals surface area contributed by atoms with E-state index in [1.54, 1.807) is 12.1 Å². The largest absolute Gasteiger partial charge is 0.372 e. The van der Waals surface area contributed by atoms with Crippen molar-refractivity contribution in [3.05, 3.63) is 35.1 Å². The molecule has 2 heterocycles. The Hall–Kier alpha value is -0.930. The lowest BCUT2D eigenvalue weighted by Crippen LogP contribution is -2.33. The third kappa shape index (κ3) is 2.03. The van der Waals surface area contributed by atoms with Crippen LogP contribution in [0.2, 0.25) is 0 Å². The SMILES string of the molecule is Fc1ccc2c(c1)CN(CC1CO1)CC2. The number of hydrogen-bond donors (Lipinski definition) is 0. The zero-order valence-electron chi connectivity index (χ0n) is 8.58. The van der Waals surface area contributed by atoms with Gasteiger partial charge in [-0.25, -0.2) is 4.39 Å². The minimum absolute atomic E-state index is 0.127. The molecule has 1 fully saturated rings. The van der Waals surface area contributed by atoms with E-state index in [1.165, 1.54) is 5.56 Å². The molecule has 1 unspecified atom stereocenters. The number of epoxide rings is 1. The molecule has 80 valence electrons. The standard InChI is InChI=1S/C12H14FNO/c13-11-2-1-9-3-4-14(6-10(9)5-11)7-12-8-15-12/h1-2,5,12H,3-4,6-8H2. The van der Waals surface area contributed by atoms with E-state index in [-0.39, 0.29) is 5.82 Å². The molecule has 2 nitrogen and oxygen atoms in total. The normalized spacial score (nSPS) is 25.0. The Balaban J connectivity index is 1.75. The maximum atomic E-state index is 13.1. The zero-order valence-corrected chi connectivity index (χ0v) is 8.58. The molecule has 0 aliphatic carbocycles. The van der Waals surface area contributed by atoms with Crippen LogP contribution in [0.3, 0.4) is 0 Å². The van der Waals surface area contributed by atoms with Crippen LogP contribution in [0.15, 0.2) is 18.2 Å². The van der Waals surface area contributed by atoms with Crippen molar-refractivity contribution in [1.82, 2.24) is 4.90 Å². The molecule has 15 heavy (non-hydrogen) atoms. The summed E-state index contributed by atoms with van der Waals surface area (Å²) in [7, 11) is 0. The van der Waals surface area contributed by atoms with Crippen molar-refractivity contribution in [2.75, 3.05) is 19.7 Å². The van der Waals surface area contributed by atoms with E-state index in [9.17, 15) is 4.39 Å². The van der Waals surface area contributed by atoms with Gasteiger partial charge in [0.25, 0.3) is 0 Å². The Morgan fingerprint density at radius 2 is 2.27 bits per heavy atom. The van der Waals surface area contributed by atoms with Gasteiger partial charge in [0, 0.05) is 19.6 Å². The first-order valence-corrected chi connectivity index (χ1v) is 5.42. The third-order valence-corrected chi connectivity index (χ3v) is 3.12. The van der Waals surface area contributed by atoms with E-state index < -0.39 is 0 Å². The fourth-order valence-electron chi connectivity index (χ4n) is 2.20. The third-order valence-electron chi connectivity index (χ3n) is 3.12. The van der Waals surface area contributed by atoms with Crippen molar-refractivity contribution in [2.45, 2.75) is 19.1 Å². The van der Waals surface area contributed by atoms with Crippen molar-refractivity contribution >= 4 is 0 Å². The molecule has 0 aromatic heterocycles. The molecule has 2 aliphatic rings. The number of ether oxygens (including phenoxy) is 1. The lowest BCUT2D eigenvalue weighted by Gasteiger charge is -2.28. The van der Waals surface area contributed by atoms with Gasteiger partial charge in [-0.15, -0.1) is 0 Å². The Morgan fingerprint density at radius 1 is 1.40 bits per heavy atom. The summed E-state index contributed by atoms with van der Waals surface area (Å²) >= 11 is 0. The van der Waals surface area contributed by atoms with Gasteiger partial charge in [0.05, 0.1) is 12.7 Å². The molecular formula is C12H14FNO. The fraction of sp³-hybridized carbons (Fsp3) is 0.500. The second-order valence-electron chi connectivity index (χ2n) is 4.35. The van der Waals surface area contributed by atoms with Gasteiger partial charge in [0.15, 0.2) is 0 Å². The quantitative estimate of drug-likeness (QED) is 0.684. The van der Waals surface area contributed by atoms with Gasteiger partial charge < -0.3 is 4.74 Å². The predicted molar refractivity (Wildman–Crippen MR) is 55.1 cm³/mol. The van der Waals surface area contributed by atoms with E-state index in [2.05, 4.69) is 4.90 Å². The number of rotatable bonds is 2. The molecule has 0 amide bonds. The summed E-state index contributed by atoms with van der Waals surface area (Å²) in [5.74, 6) is -0.127. The molecule has 1 aromatic rings. The summed E-state index contributed by atoms with van der Waals surface area (Å²) in [5.41, 5.74) is 2.44. The zero-order chi connectivity index (χ0) is 10.3. The summed E-state index contributed by atoms with van der Waals surface area (Å²) in [5, 5.41) is 0. The van der Waals surface area contributed by atoms with Crippen LogP contribution in [0.5, 0.6) is 0 Å². The Bertz CT molecular complexity index is 376. The second kappa shape index (κ2) is 3.58. The number of benzene rings is 1. The molecule has 3 heteroatoms. The van der Waals surface area contributed by atoms with Crippen molar-refractivity contribution < 1.29 is 9.13 Å². The lowest BCUT2D eigenvalue weighted by molar-refractivity contribution is 0.225. The molecule has 0 N–H and O–H groups in total. The van der Waals surface area contributed by atoms with Crippen LogP contribution in [0, 0.1) is 5.82 Å². The summed E-state index contributed by atoms with van der Waals surface area (Å²) in [6.07, 6.45) is 1.46. The van der Waals surface area contributed by atoms with E-state index >= 15 is 0 Å². The topological polar surface area (TPSA) is 15.8 Å². The van der Waals surface area contributed by atoms with Crippen LogP contribution >= 0.6 is 0 Å². The van der Waals surface area contributed by atoms with E-state index in [0.29, 0.717) is 6.10 Å². The van der Waals surface area contributed by atoms with Crippen LogP contribution in [0.4, 0.5) is 4.39 Å². The molecule has 0 bridgehead atoms. The Morgan fingerprint density at radius 3 is 3.07 bits per heavy atom. The average molecular weight is 207 g/mol. The molecule has 0 spiro atoms. The first-order valence-electron chi connectivity index (χ1n) is 5.42. The first kappa shape index (κ1) is 9.31. The smallest absolute Gasteiger partial charge is 0.123 e. The predicted octanol–water partition coefficient (Wildman–Crippen LogP) is 1.58. The van der Waals surface area contributed by atoms with E-state index in [0.717, 1.165) is 38.2 Å². The average Bonchev–Trinajstić information content (AvgIpc) is 3.01. The van der Waals surface area contributed by atoms with Crippen LogP contribution in [-0.2, 0) is 17.7 Å². The summed E-state index contributed by atoms with van der Waals surface area (Å²) in [6, 6.07) is 5.13. The van der Waals surface area contributed by atoms with E-state index in [1.807, 2.05) is 6.07 Å². The van der Waals surface area contributed by atoms with Crippen molar-refractivity contribution in [2.24, 2.45) is 0 Å². The van der Waals surface area contributed by atoms with Gasteiger partial charge in [-0.05, 0) is 29.7 Å². The highest BCUT2D eigenvalue weighted by atomic mass is 19.1. The molecule has 2 aliphatic heterocycles. The molecule has 0 saturated carbocycles. The number of halogens is 1. The number of hydrogen-bond acceptors (Lipinski definition) is 2. The van der Waals surface area contributed by atoms with E-state index in [4.69, 9.17) is 4.74 Å². The summed E-state index contributed by atoms with van der Waals surface area (Å²) in [4.78, 5) is 2.35. The maximum Gasteiger partial charge on any atom is 0.123 e.